The summed E-state index contributed by atoms with van der Waals surface area (Å²) in [5.74, 6) is -0.201. The standard InChI is InChI=1S/C12H21N3O2/c1-8(6-13)12(17)15-7-11(16)14-9-4-2-3-5-10(9)15/h8-10H,2-7,13H2,1H3,(H,14,16). The van der Waals surface area contributed by atoms with Crippen LogP contribution in [-0.2, 0) is 9.59 Å². The van der Waals surface area contributed by atoms with Crippen LogP contribution in [-0.4, -0.2) is 41.9 Å². The molecule has 1 saturated carbocycles. The zero-order valence-electron chi connectivity index (χ0n) is 10.3. The van der Waals surface area contributed by atoms with E-state index in [-0.39, 0.29) is 36.4 Å². The van der Waals surface area contributed by atoms with Gasteiger partial charge in [0.2, 0.25) is 11.8 Å². The molecule has 5 heteroatoms. The van der Waals surface area contributed by atoms with Crippen LogP contribution in [0.15, 0.2) is 0 Å². The van der Waals surface area contributed by atoms with Gasteiger partial charge in [0.25, 0.3) is 0 Å². The van der Waals surface area contributed by atoms with Gasteiger partial charge < -0.3 is 16.0 Å². The quantitative estimate of drug-likeness (QED) is 0.703. The summed E-state index contributed by atoms with van der Waals surface area (Å²) in [5.41, 5.74) is 5.53. The molecule has 0 radical (unpaired) electrons. The number of piperazine rings is 1. The number of hydrogen-bond acceptors (Lipinski definition) is 3. The molecule has 1 heterocycles. The van der Waals surface area contributed by atoms with Gasteiger partial charge in [-0.05, 0) is 12.8 Å². The molecule has 3 atom stereocenters. The largest absolute Gasteiger partial charge is 0.350 e. The third-order valence-corrected chi connectivity index (χ3v) is 3.85. The summed E-state index contributed by atoms with van der Waals surface area (Å²) in [4.78, 5) is 25.6. The molecule has 1 saturated heterocycles. The molecule has 3 N–H and O–H groups in total. The first-order valence-electron chi connectivity index (χ1n) is 6.43. The highest BCUT2D eigenvalue weighted by Gasteiger charge is 2.39. The molecular weight excluding hydrogens is 218 g/mol. The number of carbonyl (C=O) groups is 2. The van der Waals surface area contributed by atoms with Crippen LogP contribution < -0.4 is 11.1 Å². The predicted molar refractivity (Wildman–Crippen MR) is 64.1 cm³/mol. The second-order valence-corrected chi connectivity index (χ2v) is 5.13. The zero-order chi connectivity index (χ0) is 12.4. The molecule has 0 spiro atoms. The van der Waals surface area contributed by atoms with Gasteiger partial charge in [0, 0.05) is 18.5 Å². The molecule has 0 aromatic heterocycles. The molecule has 2 aliphatic rings. The van der Waals surface area contributed by atoms with Gasteiger partial charge in [-0.3, -0.25) is 9.59 Å². The molecule has 2 amide bonds. The van der Waals surface area contributed by atoms with E-state index in [0.717, 1.165) is 25.7 Å². The van der Waals surface area contributed by atoms with E-state index in [1.807, 2.05) is 6.92 Å². The lowest BCUT2D eigenvalue weighted by molar-refractivity contribution is -0.146. The number of nitrogens with two attached hydrogens (primary N) is 1. The van der Waals surface area contributed by atoms with E-state index in [4.69, 9.17) is 5.73 Å². The van der Waals surface area contributed by atoms with Crippen molar-refractivity contribution in [1.29, 1.82) is 0 Å². The SMILES string of the molecule is CC(CN)C(=O)N1CC(=O)NC2CCCCC21. The van der Waals surface area contributed by atoms with Crippen LogP contribution >= 0.6 is 0 Å². The normalized spacial score (nSPS) is 30.5. The Bertz CT molecular complexity index is 319. The van der Waals surface area contributed by atoms with E-state index in [1.54, 1.807) is 4.90 Å². The number of fused-ring (bicyclic) bond motifs is 1. The maximum absolute atomic E-state index is 12.2. The minimum Gasteiger partial charge on any atom is -0.350 e. The van der Waals surface area contributed by atoms with Crippen LogP contribution in [0.4, 0.5) is 0 Å². The second-order valence-electron chi connectivity index (χ2n) is 5.13. The molecule has 1 aliphatic heterocycles. The minimum absolute atomic E-state index is 0.0271. The number of nitrogens with one attached hydrogen (secondary N) is 1. The van der Waals surface area contributed by atoms with Crippen molar-refractivity contribution in [3.63, 3.8) is 0 Å². The Morgan fingerprint density at radius 2 is 2.24 bits per heavy atom. The summed E-state index contributed by atoms with van der Waals surface area (Å²) in [7, 11) is 0. The van der Waals surface area contributed by atoms with Gasteiger partial charge in [-0.1, -0.05) is 19.8 Å². The van der Waals surface area contributed by atoms with Crippen LogP contribution in [0.5, 0.6) is 0 Å². The Balaban J connectivity index is 2.12. The van der Waals surface area contributed by atoms with Gasteiger partial charge in [-0.2, -0.15) is 0 Å². The number of rotatable bonds is 2. The molecule has 0 aromatic carbocycles. The number of hydrogen-bond donors (Lipinski definition) is 2. The van der Waals surface area contributed by atoms with Crippen molar-refractivity contribution in [2.24, 2.45) is 11.7 Å². The van der Waals surface area contributed by atoms with Crippen LogP contribution in [0.3, 0.4) is 0 Å². The molecule has 2 fully saturated rings. The summed E-state index contributed by atoms with van der Waals surface area (Å²) >= 11 is 0. The average Bonchev–Trinajstić information content (AvgIpc) is 2.35. The number of carbonyl (C=O) groups excluding carboxylic acids is 2. The van der Waals surface area contributed by atoms with E-state index < -0.39 is 0 Å². The van der Waals surface area contributed by atoms with Crippen molar-refractivity contribution in [1.82, 2.24) is 10.2 Å². The molecule has 0 aromatic rings. The molecule has 1 aliphatic carbocycles. The first-order valence-corrected chi connectivity index (χ1v) is 6.43. The summed E-state index contributed by atoms with van der Waals surface area (Å²) in [5, 5.41) is 3.00. The highest BCUT2D eigenvalue weighted by atomic mass is 16.2. The molecule has 2 rings (SSSR count). The predicted octanol–water partition coefficient (Wildman–Crippen LogP) is -0.149. The van der Waals surface area contributed by atoms with Gasteiger partial charge in [0.05, 0.1) is 12.6 Å². The summed E-state index contributed by atoms with van der Waals surface area (Å²) in [6.45, 7) is 2.37. The van der Waals surface area contributed by atoms with Gasteiger partial charge >= 0.3 is 0 Å². The van der Waals surface area contributed by atoms with Gasteiger partial charge in [0.15, 0.2) is 0 Å². The van der Waals surface area contributed by atoms with Crippen molar-refractivity contribution in [3.8, 4) is 0 Å². The van der Waals surface area contributed by atoms with E-state index >= 15 is 0 Å². The highest BCUT2D eigenvalue weighted by molar-refractivity contribution is 5.87. The Morgan fingerprint density at radius 3 is 2.94 bits per heavy atom. The molecule has 3 unspecified atom stereocenters. The summed E-state index contributed by atoms with van der Waals surface area (Å²) < 4.78 is 0. The lowest BCUT2D eigenvalue weighted by Gasteiger charge is -2.44. The van der Waals surface area contributed by atoms with E-state index in [2.05, 4.69) is 5.32 Å². The Hall–Kier alpha value is -1.10. The van der Waals surface area contributed by atoms with Crippen molar-refractivity contribution in [2.75, 3.05) is 13.1 Å². The first kappa shape index (κ1) is 12.4. The van der Waals surface area contributed by atoms with Crippen molar-refractivity contribution in [3.05, 3.63) is 0 Å². The van der Waals surface area contributed by atoms with Crippen LogP contribution in [0.1, 0.15) is 32.6 Å². The second kappa shape index (κ2) is 5.04. The maximum Gasteiger partial charge on any atom is 0.239 e. The van der Waals surface area contributed by atoms with Gasteiger partial charge in [-0.25, -0.2) is 0 Å². The van der Waals surface area contributed by atoms with Crippen molar-refractivity contribution >= 4 is 11.8 Å². The summed E-state index contributed by atoms with van der Waals surface area (Å²) in [6.07, 6.45) is 4.25. The van der Waals surface area contributed by atoms with Crippen LogP contribution in [0.2, 0.25) is 0 Å². The van der Waals surface area contributed by atoms with Crippen LogP contribution in [0, 0.1) is 5.92 Å². The fourth-order valence-electron chi connectivity index (χ4n) is 2.80. The zero-order valence-corrected chi connectivity index (χ0v) is 10.3. The maximum atomic E-state index is 12.2. The fraction of sp³-hybridized carbons (Fsp3) is 0.833. The lowest BCUT2D eigenvalue weighted by Crippen LogP contribution is -2.63. The van der Waals surface area contributed by atoms with E-state index in [0.29, 0.717) is 6.54 Å². The van der Waals surface area contributed by atoms with Crippen molar-refractivity contribution < 1.29 is 9.59 Å². The Morgan fingerprint density at radius 1 is 1.53 bits per heavy atom. The topological polar surface area (TPSA) is 75.4 Å². The smallest absolute Gasteiger partial charge is 0.239 e. The monoisotopic (exact) mass is 239 g/mol. The molecule has 17 heavy (non-hydrogen) atoms. The average molecular weight is 239 g/mol. The van der Waals surface area contributed by atoms with E-state index in [9.17, 15) is 9.59 Å². The van der Waals surface area contributed by atoms with E-state index in [1.165, 1.54) is 0 Å². The third-order valence-electron chi connectivity index (χ3n) is 3.85. The van der Waals surface area contributed by atoms with Crippen LogP contribution in [0.25, 0.3) is 0 Å². The van der Waals surface area contributed by atoms with Gasteiger partial charge in [0.1, 0.15) is 0 Å². The summed E-state index contributed by atoms with van der Waals surface area (Å²) in [6, 6.07) is 0.335. The molecular formula is C12H21N3O2. The lowest BCUT2D eigenvalue weighted by atomic mass is 9.87. The minimum atomic E-state index is -0.191. The third kappa shape index (κ3) is 2.44. The Kier molecular flexibility index (Phi) is 3.66. The Labute approximate surface area is 102 Å². The van der Waals surface area contributed by atoms with Gasteiger partial charge in [-0.15, -0.1) is 0 Å². The highest BCUT2D eigenvalue weighted by Crippen LogP contribution is 2.26. The molecule has 5 nitrogen and oxygen atoms in total. The number of amides is 2. The first-order chi connectivity index (χ1) is 8.13. The molecule has 0 bridgehead atoms. The fourth-order valence-corrected chi connectivity index (χ4v) is 2.80. The van der Waals surface area contributed by atoms with Crippen molar-refractivity contribution in [2.45, 2.75) is 44.7 Å². The number of nitrogens with zero attached hydrogens (tertiary/aromatic N) is 1. The molecule has 96 valence electrons.